The van der Waals surface area contributed by atoms with Gasteiger partial charge in [-0.3, -0.25) is 4.98 Å². The van der Waals surface area contributed by atoms with Gasteiger partial charge < -0.3 is 10.2 Å². The predicted octanol–water partition coefficient (Wildman–Crippen LogP) is 2.42. The van der Waals surface area contributed by atoms with Gasteiger partial charge in [0.1, 0.15) is 0 Å². The van der Waals surface area contributed by atoms with Gasteiger partial charge >= 0.3 is 0 Å². The molecule has 0 unspecified atom stereocenters. The average Bonchev–Trinajstić information content (AvgIpc) is 2.46. The Hall–Kier alpha value is -1.45. The Morgan fingerprint density at radius 3 is 2.89 bits per heavy atom. The van der Waals surface area contributed by atoms with Crippen molar-refractivity contribution in [3.63, 3.8) is 0 Å². The molecule has 3 rings (SSSR count). The fourth-order valence-corrected chi connectivity index (χ4v) is 2.72. The monoisotopic (exact) mass is 255 g/mol. The summed E-state index contributed by atoms with van der Waals surface area (Å²) < 4.78 is 0. The van der Waals surface area contributed by atoms with Crippen molar-refractivity contribution in [2.45, 2.75) is 25.4 Å². The number of hydrogen-bond donors (Lipinski definition) is 1. The van der Waals surface area contributed by atoms with Gasteiger partial charge in [0.15, 0.2) is 0 Å². The minimum absolute atomic E-state index is 0.671. The molecule has 1 N–H and O–H groups in total. The summed E-state index contributed by atoms with van der Waals surface area (Å²) in [6.45, 7) is 3.38. The summed E-state index contributed by atoms with van der Waals surface area (Å²) in [5.74, 6) is 0. The normalized spacial score (nSPS) is 17.9. The molecule has 0 saturated carbocycles. The molecule has 1 aliphatic rings. The molecular formula is C16H21N3. The number of aromatic nitrogens is 1. The summed E-state index contributed by atoms with van der Waals surface area (Å²) in [5.41, 5.74) is 1.36. The Labute approximate surface area is 114 Å². The molecule has 1 aromatic heterocycles. The maximum absolute atomic E-state index is 4.15. The molecule has 3 nitrogen and oxygen atoms in total. The van der Waals surface area contributed by atoms with Gasteiger partial charge in [0.25, 0.3) is 0 Å². The van der Waals surface area contributed by atoms with E-state index in [-0.39, 0.29) is 0 Å². The van der Waals surface area contributed by atoms with Crippen LogP contribution in [0.1, 0.15) is 18.4 Å². The van der Waals surface area contributed by atoms with E-state index in [0.29, 0.717) is 6.04 Å². The lowest BCUT2D eigenvalue weighted by atomic mass is 10.0. The van der Waals surface area contributed by atoms with Gasteiger partial charge in [-0.1, -0.05) is 12.1 Å². The summed E-state index contributed by atoms with van der Waals surface area (Å²) in [6, 6.07) is 9.37. The van der Waals surface area contributed by atoms with E-state index in [4.69, 9.17) is 0 Å². The Morgan fingerprint density at radius 1 is 1.21 bits per heavy atom. The predicted molar refractivity (Wildman–Crippen MR) is 79.1 cm³/mol. The number of rotatable bonds is 3. The summed E-state index contributed by atoms with van der Waals surface area (Å²) in [6.07, 6.45) is 6.29. The number of nitrogens with zero attached hydrogens (tertiary/aromatic N) is 2. The van der Waals surface area contributed by atoms with Crippen LogP contribution in [0.5, 0.6) is 0 Å². The van der Waals surface area contributed by atoms with E-state index < -0.39 is 0 Å². The fraction of sp³-hybridized carbons (Fsp3) is 0.438. The Balaban J connectivity index is 1.62. The van der Waals surface area contributed by atoms with E-state index in [1.54, 1.807) is 0 Å². The Kier molecular flexibility index (Phi) is 3.76. The summed E-state index contributed by atoms with van der Waals surface area (Å²) in [7, 11) is 2.20. The van der Waals surface area contributed by atoms with Crippen LogP contribution in [0.4, 0.5) is 0 Å². The molecular weight excluding hydrogens is 234 g/mol. The third-order valence-corrected chi connectivity index (χ3v) is 4.02. The lowest BCUT2D eigenvalue weighted by Gasteiger charge is -2.29. The van der Waals surface area contributed by atoms with Crippen LogP contribution < -0.4 is 5.32 Å². The van der Waals surface area contributed by atoms with Crippen molar-refractivity contribution in [2.75, 3.05) is 20.1 Å². The van der Waals surface area contributed by atoms with Crippen molar-refractivity contribution in [1.82, 2.24) is 15.2 Å². The first-order valence-corrected chi connectivity index (χ1v) is 7.06. The van der Waals surface area contributed by atoms with Gasteiger partial charge in [0.2, 0.25) is 0 Å². The standard InChI is InChI=1S/C16H21N3/c1-19-8-5-16(6-9-19)18-11-13-2-3-15-12-17-7-4-14(15)10-13/h2-4,7,10,12,16,18H,5-6,8-9,11H2,1H3. The second-order valence-electron chi connectivity index (χ2n) is 5.52. The molecule has 19 heavy (non-hydrogen) atoms. The molecule has 1 saturated heterocycles. The highest BCUT2D eigenvalue weighted by atomic mass is 15.1. The maximum atomic E-state index is 4.15. The molecule has 2 heterocycles. The van der Waals surface area contributed by atoms with Crippen molar-refractivity contribution >= 4 is 10.8 Å². The summed E-state index contributed by atoms with van der Waals surface area (Å²) in [5, 5.41) is 6.17. The zero-order chi connectivity index (χ0) is 13.1. The Morgan fingerprint density at radius 2 is 2.05 bits per heavy atom. The summed E-state index contributed by atoms with van der Waals surface area (Å²) >= 11 is 0. The van der Waals surface area contributed by atoms with Gasteiger partial charge in [0, 0.05) is 30.4 Å². The molecule has 0 spiro atoms. The first-order valence-electron chi connectivity index (χ1n) is 7.06. The topological polar surface area (TPSA) is 28.2 Å². The second kappa shape index (κ2) is 5.68. The molecule has 1 aliphatic heterocycles. The fourth-order valence-electron chi connectivity index (χ4n) is 2.72. The number of fused-ring (bicyclic) bond motifs is 1. The first kappa shape index (κ1) is 12.6. The quantitative estimate of drug-likeness (QED) is 0.913. The summed E-state index contributed by atoms with van der Waals surface area (Å²) in [4.78, 5) is 6.55. The minimum atomic E-state index is 0.671. The van der Waals surface area contributed by atoms with Crippen LogP contribution in [0.3, 0.4) is 0 Å². The lowest BCUT2D eigenvalue weighted by molar-refractivity contribution is 0.234. The molecule has 0 bridgehead atoms. The molecule has 100 valence electrons. The van der Waals surface area contributed by atoms with Crippen LogP contribution in [-0.2, 0) is 6.54 Å². The number of hydrogen-bond acceptors (Lipinski definition) is 3. The van der Waals surface area contributed by atoms with Crippen LogP contribution in [-0.4, -0.2) is 36.1 Å². The van der Waals surface area contributed by atoms with Crippen LogP contribution in [0, 0.1) is 0 Å². The molecule has 1 fully saturated rings. The van der Waals surface area contributed by atoms with Gasteiger partial charge in [-0.15, -0.1) is 0 Å². The number of piperidine rings is 1. The molecule has 3 heteroatoms. The molecule has 0 radical (unpaired) electrons. The Bertz CT molecular complexity index is 544. The van der Waals surface area contributed by atoms with Crippen LogP contribution in [0.2, 0.25) is 0 Å². The molecule has 0 amide bonds. The second-order valence-corrected chi connectivity index (χ2v) is 5.52. The van der Waals surface area contributed by atoms with Gasteiger partial charge in [0.05, 0.1) is 0 Å². The molecule has 0 aliphatic carbocycles. The third-order valence-electron chi connectivity index (χ3n) is 4.02. The SMILES string of the molecule is CN1CCC(NCc2ccc3cnccc3c2)CC1. The van der Waals surface area contributed by atoms with Crippen LogP contribution >= 0.6 is 0 Å². The smallest absolute Gasteiger partial charge is 0.0346 e. The van der Waals surface area contributed by atoms with E-state index in [1.165, 1.54) is 42.3 Å². The van der Waals surface area contributed by atoms with Crippen molar-refractivity contribution in [2.24, 2.45) is 0 Å². The van der Waals surface area contributed by atoms with Crippen molar-refractivity contribution < 1.29 is 0 Å². The number of nitrogens with one attached hydrogen (secondary N) is 1. The molecule has 1 aromatic carbocycles. The average molecular weight is 255 g/mol. The van der Waals surface area contributed by atoms with E-state index >= 15 is 0 Å². The van der Waals surface area contributed by atoms with Crippen LogP contribution in [0.15, 0.2) is 36.7 Å². The lowest BCUT2D eigenvalue weighted by Crippen LogP contribution is -2.40. The zero-order valence-corrected chi connectivity index (χ0v) is 11.5. The third kappa shape index (κ3) is 3.11. The van der Waals surface area contributed by atoms with E-state index in [9.17, 15) is 0 Å². The van der Waals surface area contributed by atoms with Gasteiger partial charge in [-0.25, -0.2) is 0 Å². The highest BCUT2D eigenvalue weighted by Gasteiger charge is 2.15. The van der Waals surface area contributed by atoms with Crippen molar-refractivity contribution in [1.29, 1.82) is 0 Å². The molecule has 2 aromatic rings. The minimum Gasteiger partial charge on any atom is -0.310 e. The van der Waals surface area contributed by atoms with Crippen LogP contribution in [0.25, 0.3) is 10.8 Å². The van der Waals surface area contributed by atoms with E-state index in [1.807, 2.05) is 12.4 Å². The number of likely N-dealkylation sites (tertiary alicyclic amines) is 1. The van der Waals surface area contributed by atoms with E-state index in [2.05, 4.69) is 46.5 Å². The highest BCUT2D eigenvalue weighted by molar-refractivity contribution is 5.81. The van der Waals surface area contributed by atoms with Gasteiger partial charge in [-0.05, 0) is 56.1 Å². The number of pyridine rings is 1. The maximum Gasteiger partial charge on any atom is 0.0346 e. The largest absolute Gasteiger partial charge is 0.310 e. The van der Waals surface area contributed by atoms with Gasteiger partial charge in [-0.2, -0.15) is 0 Å². The van der Waals surface area contributed by atoms with Crippen molar-refractivity contribution in [3.05, 3.63) is 42.2 Å². The highest BCUT2D eigenvalue weighted by Crippen LogP contribution is 2.15. The molecule has 0 atom stereocenters. The zero-order valence-electron chi connectivity index (χ0n) is 11.5. The van der Waals surface area contributed by atoms with Crippen molar-refractivity contribution in [3.8, 4) is 0 Å². The van der Waals surface area contributed by atoms with E-state index in [0.717, 1.165) is 6.54 Å². The number of benzene rings is 1. The first-order chi connectivity index (χ1) is 9.31.